The lowest BCUT2D eigenvalue weighted by Crippen LogP contribution is -2.22. The number of benzene rings is 1. The Morgan fingerprint density at radius 1 is 1.00 bits per heavy atom. The van der Waals surface area contributed by atoms with Gasteiger partial charge in [0.1, 0.15) is 18.0 Å². The average Bonchev–Trinajstić information content (AvgIpc) is 2.72. The summed E-state index contributed by atoms with van der Waals surface area (Å²) in [6.45, 7) is -0.283. The molecule has 0 unspecified atom stereocenters. The largest absolute Gasteiger partial charge is 0.481 e. The summed E-state index contributed by atoms with van der Waals surface area (Å²) in [6.07, 6.45) is 4.25. The van der Waals surface area contributed by atoms with E-state index in [1.54, 1.807) is 24.3 Å². The Morgan fingerprint density at radius 2 is 1.79 bits per heavy atom. The Morgan fingerprint density at radius 3 is 2.54 bits per heavy atom. The number of rotatable bonds is 4. The minimum Gasteiger partial charge on any atom is -0.481 e. The lowest BCUT2D eigenvalue weighted by atomic mass is 10.0. The molecule has 0 saturated carbocycles. The second-order valence-corrected chi connectivity index (χ2v) is 6.06. The monoisotopic (exact) mass is 380 g/mol. The second-order valence-electron chi connectivity index (χ2n) is 6.06. The third-order valence-electron chi connectivity index (χ3n) is 4.34. The van der Waals surface area contributed by atoms with Crippen molar-refractivity contribution in [3.63, 3.8) is 0 Å². The van der Waals surface area contributed by atoms with E-state index in [0.29, 0.717) is 17.0 Å². The van der Waals surface area contributed by atoms with Crippen molar-refractivity contribution < 1.29 is 13.5 Å². The van der Waals surface area contributed by atoms with Crippen LogP contribution >= 0.6 is 0 Å². The molecule has 0 radical (unpaired) electrons. The first kappa shape index (κ1) is 17.7. The topological polar surface area (TPSA) is 69.9 Å². The average molecular weight is 380 g/mol. The van der Waals surface area contributed by atoms with Crippen molar-refractivity contribution in [2.45, 2.75) is 6.54 Å². The molecule has 0 bridgehead atoms. The minimum atomic E-state index is -0.760. The molecule has 3 aromatic heterocycles. The zero-order chi connectivity index (χ0) is 19.7. The zero-order valence-electron chi connectivity index (χ0n) is 14.8. The molecule has 28 heavy (non-hydrogen) atoms. The highest BCUT2D eigenvalue weighted by Gasteiger charge is 2.15. The third-order valence-corrected chi connectivity index (χ3v) is 4.34. The first-order valence-corrected chi connectivity index (χ1v) is 8.35. The molecule has 0 spiro atoms. The molecule has 4 aromatic rings. The summed E-state index contributed by atoms with van der Waals surface area (Å²) in [6, 6.07) is 8.82. The van der Waals surface area contributed by atoms with Crippen LogP contribution in [0.3, 0.4) is 0 Å². The number of aromatic nitrogens is 4. The molecule has 0 aliphatic heterocycles. The van der Waals surface area contributed by atoms with Gasteiger partial charge in [0, 0.05) is 24.0 Å². The molecule has 4 rings (SSSR count). The van der Waals surface area contributed by atoms with Gasteiger partial charge in [-0.15, -0.1) is 0 Å². The summed E-state index contributed by atoms with van der Waals surface area (Å²) < 4.78 is 35.5. The van der Waals surface area contributed by atoms with Crippen LogP contribution in [-0.2, 0) is 6.54 Å². The molecule has 140 valence electrons. The van der Waals surface area contributed by atoms with Gasteiger partial charge in [-0.1, -0.05) is 0 Å². The molecule has 0 N–H and O–H groups in total. The van der Waals surface area contributed by atoms with E-state index in [1.807, 2.05) is 0 Å². The number of ether oxygens (including phenoxy) is 1. The number of halogens is 2. The smallest absolute Gasteiger partial charge is 0.263 e. The molecular formula is C20H14F2N4O2. The first-order chi connectivity index (χ1) is 13.6. The predicted molar refractivity (Wildman–Crippen MR) is 99.0 cm³/mol. The fraction of sp³-hybridized carbons (Fsp3) is 0.100. The quantitative estimate of drug-likeness (QED) is 0.544. The highest BCUT2D eigenvalue weighted by molar-refractivity contribution is 5.72. The van der Waals surface area contributed by atoms with E-state index in [4.69, 9.17) is 4.74 Å². The molecule has 1 aromatic carbocycles. The number of hydrogen-bond donors (Lipinski definition) is 0. The fourth-order valence-corrected chi connectivity index (χ4v) is 2.90. The van der Waals surface area contributed by atoms with Gasteiger partial charge >= 0.3 is 0 Å². The summed E-state index contributed by atoms with van der Waals surface area (Å²) in [5.74, 6) is -1.18. The summed E-state index contributed by atoms with van der Waals surface area (Å²) in [7, 11) is 1.46. The van der Waals surface area contributed by atoms with Crippen molar-refractivity contribution in [2.75, 3.05) is 7.11 Å². The van der Waals surface area contributed by atoms with Gasteiger partial charge in [0.05, 0.1) is 19.0 Å². The number of nitrogens with zero attached hydrogens (tertiary/aromatic N) is 4. The summed E-state index contributed by atoms with van der Waals surface area (Å²) in [4.78, 5) is 24.6. The van der Waals surface area contributed by atoms with Crippen molar-refractivity contribution in [3.8, 4) is 17.0 Å². The maximum Gasteiger partial charge on any atom is 0.263 e. The van der Waals surface area contributed by atoms with Crippen LogP contribution in [0, 0.1) is 11.6 Å². The van der Waals surface area contributed by atoms with Crippen LogP contribution in [0.2, 0.25) is 0 Å². The van der Waals surface area contributed by atoms with Gasteiger partial charge in [-0.3, -0.25) is 9.36 Å². The molecule has 0 aliphatic carbocycles. The lowest BCUT2D eigenvalue weighted by molar-refractivity contribution is 0.398. The van der Waals surface area contributed by atoms with Gasteiger partial charge in [-0.25, -0.2) is 23.7 Å². The highest BCUT2D eigenvalue weighted by Crippen LogP contribution is 2.26. The number of hydrogen-bond acceptors (Lipinski definition) is 5. The lowest BCUT2D eigenvalue weighted by Gasteiger charge is -2.11. The van der Waals surface area contributed by atoms with Gasteiger partial charge < -0.3 is 4.74 Å². The first-order valence-electron chi connectivity index (χ1n) is 8.35. The Bertz CT molecular complexity index is 1220. The Balaban J connectivity index is 1.73. The van der Waals surface area contributed by atoms with Crippen LogP contribution in [0.4, 0.5) is 8.78 Å². The van der Waals surface area contributed by atoms with Gasteiger partial charge in [-0.05, 0) is 41.5 Å². The van der Waals surface area contributed by atoms with Crippen LogP contribution in [0.1, 0.15) is 5.56 Å². The van der Waals surface area contributed by atoms with Crippen LogP contribution < -0.4 is 10.3 Å². The third kappa shape index (κ3) is 3.20. The van der Waals surface area contributed by atoms with Crippen LogP contribution in [-0.4, -0.2) is 26.6 Å². The molecule has 0 saturated heterocycles. The van der Waals surface area contributed by atoms with Crippen molar-refractivity contribution in [2.24, 2.45) is 0 Å². The van der Waals surface area contributed by atoms with E-state index in [1.165, 1.54) is 38.0 Å². The van der Waals surface area contributed by atoms with E-state index in [-0.39, 0.29) is 23.1 Å². The number of methoxy groups -OCH3 is 1. The Kier molecular flexibility index (Phi) is 4.52. The van der Waals surface area contributed by atoms with Crippen molar-refractivity contribution in [1.82, 2.24) is 19.5 Å². The molecule has 8 heteroatoms. The molecular weight excluding hydrogens is 366 g/mol. The van der Waals surface area contributed by atoms with Crippen molar-refractivity contribution in [1.29, 1.82) is 0 Å². The molecule has 0 fully saturated rings. The molecule has 6 nitrogen and oxygen atoms in total. The van der Waals surface area contributed by atoms with Crippen LogP contribution in [0.25, 0.3) is 22.2 Å². The second kappa shape index (κ2) is 7.15. The molecule has 0 aliphatic rings. The van der Waals surface area contributed by atoms with Crippen LogP contribution in [0.5, 0.6) is 5.88 Å². The summed E-state index contributed by atoms with van der Waals surface area (Å²) in [5, 5.41) is 0.284. The predicted octanol–water partition coefficient (Wildman–Crippen LogP) is 3.19. The standard InChI is InChI=1S/C20H14F2N4O2/c1-28-18-9-12(4-6-23-18)13-7-16(21)15(17(22)8-13)10-26-11-25-19-14(20(26)27)3-2-5-24-19/h2-9,11H,10H2,1H3. The van der Waals surface area contributed by atoms with Gasteiger partial charge in [0.2, 0.25) is 5.88 Å². The van der Waals surface area contributed by atoms with Gasteiger partial charge in [0.25, 0.3) is 5.56 Å². The molecule has 0 amide bonds. The Labute approximate surface area is 158 Å². The maximum atomic E-state index is 14.7. The van der Waals surface area contributed by atoms with E-state index in [0.717, 1.165) is 4.57 Å². The van der Waals surface area contributed by atoms with Crippen LogP contribution in [0.15, 0.2) is 59.9 Å². The fourth-order valence-electron chi connectivity index (χ4n) is 2.90. The van der Waals surface area contributed by atoms with E-state index < -0.39 is 17.2 Å². The van der Waals surface area contributed by atoms with E-state index in [2.05, 4.69) is 15.0 Å². The maximum absolute atomic E-state index is 14.7. The van der Waals surface area contributed by atoms with Crippen molar-refractivity contribution >= 4 is 11.0 Å². The molecule has 3 heterocycles. The number of fused-ring (bicyclic) bond motifs is 1. The Hall–Kier alpha value is -3.68. The normalized spacial score (nSPS) is 11.0. The van der Waals surface area contributed by atoms with E-state index >= 15 is 0 Å². The summed E-state index contributed by atoms with van der Waals surface area (Å²) in [5.41, 5.74) is 0.544. The zero-order valence-corrected chi connectivity index (χ0v) is 14.8. The van der Waals surface area contributed by atoms with E-state index in [9.17, 15) is 13.6 Å². The molecule has 0 atom stereocenters. The summed E-state index contributed by atoms with van der Waals surface area (Å²) >= 11 is 0. The SMILES string of the molecule is COc1cc(-c2cc(F)c(Cn3cnc4ncccc4c3=O)c(F)c2)ccn1. The highest BCUT2D eigenvalue weighted by atomic mass is 19.1. The number of pyridine rings is 2. The van der Waals surface area contributed by atoms with Crippen molar-refractivity contribution in [3.05, 3.63) is 82.7 Å². The van der Waals surface area contributed by atoms with Gasteiger partial charge in [0.15, 0.2) is 5.65 Å². The van der Waals surface area contributed by atoms with Gasteiger partial charge in [-0.2, -0.15) is 0 Å². The minimum absolute atomic E-state index is 0.225.